The zero-order valence-electron chi connectivity index (χ0n) is 11.4. The Morgan fingerprint density at radius 2 is 2.05 bits per heavy atom. The van der Waals surface area contributed by atoms with Gasteiger partial charge in [0.1, 0.15) is 0 Å². The molecule has 1 aromatic rings. The molecule has 0 bridgehead atoms. The predicted octanol–water partition coefficient (Wildman–Crippen LogP) is 2.22. The van der Waals surface area contributed by atoms with Crippen molar-refractivity contribution in [3.63, 3.8) is 0 Å². The van der Waals surface area contributed by atoms with Crippen LogP contribution in [0.3, 0.4) is 0 Å². The topological polar surface area (TPSA) is 42.0 Å². The quantitative estimate of drug-likeness (QED) is 0.869. The van der Waals surface area contributed by atoms with Gasteiger partial charge in [-0.2, -0.15) is 13.2 Å². The number of hydrogen-bond donors (Lipinski definition) is 1. The molecule has 0 radical (unpaired) electrons. The molecule has 2 aliphatic rings. The second-order valence-corrected chi connectivity index (χ2v) is 8.47. The third-order valence-electron chi connectivity index (χ3n) is 4.49. The van der Waals surface area contributed by atoms with Gasteiger partial charge in [-0.3, -0.25) is 9.19 Å². The first-order valence-corrected chi connectivity index (χ1v) is 8.54. The van der Waals surface area contributed by atoms with Gasteiger partial charge in [-0.1, -0.05) is 0 Å². The molecule has 2 heterocycles. The molecular weight excluding hydrogens is 301 g/mol. The molecule has 21 heavy (non-hydrogen) atoms. The van der Waals surface area contributed by atoms with E-state index in [9.17, 15) is 17.4 Å². The van der Waals surface area contributed by atoms with Crippen LogP contribution in [0, 0.1) is 11.3 Å². The van der Waals surface area contributed by atoms with Crippen molar-refractivity contribution in [2.24, 2.45) is 11.3 Å². The van der Waals surface area contributed by atoms with E-state index in [1.165, 1.54) is 12.1 Å². The molecule has 1 aromatic heterocycles. The van der Waals surface area contributed by atoms with E-state index in [0.717, 1.165) is 44.2 Å². The Balaban J connectivity index is 1.65. The Hall–Kier alpha value is -1.08. The molecular formula is C14H17F3N2OS. The summed E-state index contributed by atoms with van der Waals surface area (Å²) in [5.41, 5.74) is -3.61. The van der Waals surface area contributed by atoms with E-state index >= 15 is 0 Å². The van der Waals surface area contributed by atoms with Crippen molar-refractivity contribution < 1.29 is 17.4 Å². The molecule has 3 nitrogen and oxygen atoms in total. The molecule has 1 saturated carbocycles. The Labute approximate surface area is 122 Å². The minimum absolute atomic E-state index is 0.355. The highest BCUT2D eigenvalue weighted by atomic mass is 32.2. The summed E-state index contributed by atoms with van der Waals surface area (Å²) in [6, 6.07) is 2.78. The monoisotopic (exact) mass is 318 g/mol. The molecule has 1 saturated heterocycles. The second kappa shape index (κ2) is 4.71. The number of hydrogen-bond acceptors (Lipinski definition) is 3. The van der Waals surface area contributed by atoms with E-state index in [1.54, 1.807) is 0 Å². The van der Waals surface area contributed by atoms with Crippen LogP contribution in [0.2, 0.25) is 0 Å². The van der Waals surface area contributed by atoms with E-state index in [1.807, 2.05) is 0 Å². The molecule has 1 atom stereocenters. The zero-order valence-corrected chi connectivity index (χ0v) is 12.3. The van der Waals surface area contributed by atoms with Crippen LogP contribution < -0.4 is 5.32 Å². The first-order chi connectivity index (χ1) is 9.72. The van der Waals surface area contributed by atoms with Crippen molar-refractivity contribution in [3.05, 3.63) is 24.0 Å². The fourth-order valence-corrected chi connectivity index (χ4v) is 4.01. The maximum absolute atomic E-state index is 12.7. The number of rotatable bonds is 3. The van der Waals surface area contributed by atoms with E-state index in [4.69, 9.17) is 0 Å². The summed E-state index contributed by atoms with van der Waals surface area (Å²) >= 11 is 0. The lowest BCUT2D eigenvalue weighted by molar-refractivity contribution is -0.0392. The molecule has 0 aromatic carbocycles. The fourth-order valence-electron chi connectivity index (χ4n) is 3.23. The summed E-state index contributed by atoms with van der Waals surface area (Å²) in [4.78, 5) is 3.68. The van der Waals surface area contributed by atoms with Crippen LogP contribution in [0.4, 0.5) is 13.2 Å². The Morgan fingerprint density at radius 3 is 2.48 bits per heavy atom. The minimum atomic E-state index is -4.84. The molecule has 2 fully saturated rings. The molecule has 3 rings (SSSR count). The molecule has 0 amide bonds. The van der Waals surface area contributed by atoms with Gasteiger partial charge >= 0.3 is 5.51 Å². The van der Waals surface area contributed by atoms with Gasteiger partial charge in [-0.25, -0.2) is 0 Å². The number of alkyl halides is 3. The average molecular weight is 318 g/mol. The first-order valence-electron chi connectivity index (χ1n) is 6.81. The van der Waals surface area contributed by atoms with Gasteiger partial charge in [0.2, 0.25) is 0 Å². The van der Waals surface area contributed by atoms with Crippen molar-refractivity contribution in [2.45, 2.75) is 29.7 Å². The largest absolute Gasteiger partial charge is 0.467 e. The van der Waals surface area contributed by atoms with Crippen molar-refractivity contribution in [2.75, 3.05) is 13.1 Å². The average Bonchev–Trinajstić information content (AvgIpc) is 2.30. The lowest BCUT2D eigenvalue weighted by Crippen LogP contribution is -2.60. The third kappa shape index (κ3) is 2.57. The van der Waals surface area contributed by atoms with Crippen LogP contribution in [-0.4, -0.2) is 33.7 Å². The third-order valence-corrected chi connectivity index (χ3v) is 6.24. The van der Waals surface area contributed by atoms with Crippen molar-refractivity contribution >= 4 is 15.4 Å². The highest BCUT2D eigenvalue weighted by Crippen LogP contribution is 2.49. The minimum Gasteiger partial charge on any atom is -0.316 e. The van der Waals surface area contributed by atoms with E-state index < -0.39 is 15.0 Å². The van der Waals surface area contributed by atoms with Crippen LogP contribution in [0.5, 0.6) is 0 Å². The predicted molar refractivity (Wildman–Crippen MR) is 75.6 cm³/mol. The van der Waals surface area contributed by atoms with Gasteiger partial charge in [0.15, 0.2) is 0 Å². The highest BCUT2D eigenvalue weighted by molar-refractivity contribution is 8.01. The van der Waals surface area contributed by atoms with E-state index in [2.05, 4.69) is 16.2 Å². The first kappa shape index (κ1) is 14.8. The number of aromatic nitrogens is 1. The van der Waals surface area contributed by atoms with Crippen LogP contribution in [0.1, 0.15) is 18.5 Å². The van der Waals surface area contributed by atoms with E-state index in [-0.39, 0.29) is 4.90 Å². The molecule has 7 heteroatoms. The number of nitrogens with one attached hydrogen (secondary N) is 1. The van der Waals surface area contributed by atoms with Gasteiger partial charge in [0.25, 0.3) is 0 Å². The summed E-state index contributed by atoms with van der Waals surface area (Å²) in [5.74, 6) is 3.38. The second-order valence-electron chi connectivity index (χ2n) is 6.19. The van der Waals surface area contributed by atoms with Crippen molar-refractivity contribution in [1.82, 2.24) is 10.3 Å². The standard InChI is InChI=1S/C14H17F3N2OS/c1-21(20,14(15,16)17)12-3-2-11(19-7-12)4-10-5-13(6-10)8-18-9-13/h2-3,7,10,18H,1,4-6,8-9H2. The Morgan fingerprint density at radius 1 is 1.38 bits per heavy atom. The normalized spacial score (nSPS) is 24.1. The Kier molecular flexibility index (Phi) is 3.33. The van der Waals surface area contributed by atoms with Crippen LogP contribution in [0.15, 0.2) is 23.2 Å². The summed E-state index contributed by atoms with van der Waals surface area (Å²) in [7, 11) is -4.30. The van der Waals surface area contributed by atoms with Crippen molar-refractivity contribution in [1.29, 1.82) is 0 Å². The number of halogens is 3. The Bertz CT molecular complexity index is 625. The lowest BCUT2D eigenvalue weighted by atomic mass is 9.57. The molecule has 1 aliphatic heterocycles. The summed E-state index contributed by atoms with van der Waals surface area (Å²) < 4.78 is 49.6. The zero-order chi connectivity index (χ0) is 15.3. The van der Waals surface area contributed by atoms with E-state index in [0.29, 0.717) is 11.3 Å². The highest BCUT2D eigenvalue weighted by Gasteiger charge is 2.48. The summed E-state index contributed by atoms with van der Waals surface area (Å²) in [6.07, 6.45) is 4.12. The SMILES string of the molecule is C=S(=O)(c1ccc(CC2CC3(CNC3)C2)nc1)C(F)(F)F. The maximum Gasteiger partial charge on any atom is 0.467 e. The molecule has 116 valence electrons. The summed E-state index contributed by atoms with van der Waals surface area (Å²) in [5, 5.41) is 3.27. The van der Waals surface area contributed by atoms with Gasteiger partial charge in [-0.05, 0) is 48.6 Å². The van der Waals surface area contributed by atoms with Gasteiger partial charge in [-0.15, -0.1) is 0 Å². The summed E-state index contributed by atoms with van der Waals surface area (Å²) in [6.45, 7) is 2.15. The molecule has 1 aliphatic carbocycles. The molecule has 1 spiro atoms. The maximum atomic E-state index is 12.7. The number of nitrogens with zero attached hydrogens (tertiary/aromatic N) is 1. The van der Waals surface area contributed by atoms with Crippen LogP contribution in [-0.2, 0) is 15.9 Å². The lowest BCUT2D eigenvalue weighted by Gasteiger charge is -2.54. The van der Waals surface area contributed by atoms with Gasteiger partial charge in [0, 0.05) is 25.0 Å². The molecule has 1 N–H and O–H groups in total. The molecule has 1 unspecified atom stereocenters. The van der Waals surface area contributed by atoms with Gasteiger partial charge in [0.05, 0.1) is 14.4 Å². The smallest absolute Gasteiger partial charge is 0.316 e. The van der Waals surface area contributed by atoms with Crippen LogP contribution >= 0.6 is 0 Å². The fraction of sp³-hybridized carbons (Fsp3) is 0.571. The van der Waals surface area contributed by atoms with Gasteiger partial charge < -0.3 is 5.32 Å². The van der Waals surface area contributed by atoms with Crippen LogP contribution in [0.25, 0.3) is 0 Å². The van der Waals surface area contributed by atoms with Crippen molar-refractivity contribution in [3.8, 4) is 0 Å². The number of pyridine rings is 1.